The Kier molecular flexibility index (Phi) is 12.0. The molecule has 34 heavy (non-hydrogen) atoms. The van der Waals surface area contributed by atoms with E-state index in [4.69, 9.17) is 10.9 Å². The van der Waals surface area contributed by atoms with Crippen LogP contribution >= 0.6 is 0 Å². The van der Waals surface area contributed by atoms with Crippen LogP contribution in [0.15, 0.2) is 48.5 Å². The summed E-state index contributed by atoms with van der Waals surface area (Å²) in [5.41, 5.74) is 9.41. The summed E-state index contributed by atoms with van der Waals surface area (Å²) < 4.78 is 0. The fourth-order valence-corrected chi connectivity index (χ4v) is 2.89. The van der Waals surface area contributed by atoms with Gasteiger partial charge in [-0.15, -0.1) is 0 Å². The van der Waals surface area contributed by atoms with Crippen LogP contribution in [0, 0.1) is 11.8 Å². The Morgan fingerprint density at radius 2 is 1.50 bits per heavy atom. The fourth-order valence-electron chi connectivity index (χ4n) is 2.89. The first-order valence-electron chi connectivity index (χ1n) is 10.6. The van der Waals surface area contributed by atoms with Crippen molar-refractivity contribution in [2.75, 3.05) is 31.5 Å². The molecular weight excluding hydrogens is 434 g/mol. The SMILES string of the molecule is C.CCN(CC)CC(=O)Nc1ccc(C#Cc2ccc(C(=O)N[C@@H](CN)C(=O)NO)cc2)cc1. The average Bonchev–Trinajstić information content (AvgIpc) is 2.85. The molecule has 0 heterocycles. The Balaban J connectivity index is 0.00000578. The molecule has 0 aliphatic rings. The van der Waals surface area contributed by atoms with Crippen molar-refractivity contribution in [3.05, 3.63) is 65.2 Å². The van der Waals surface area contributed by atoms with E-state index in [2.05, 4.69) is 22.5 Å². The van der Waals surface area contributed by atoms with Crippen molar-refractivity contribution >= 4 is 23.4 Å². The molecule has 0 fully saturated rings. The molecule has 6 N–H and O–H groups in total. The van der Waals surface area contributed by atoms with Gasteiger partial charge in [0.25, 0.3) is 11.8 Å². The summed E-state index contributed by atoms with van der Waals surface area (Å²) in [6.45, 7) is 5.87. The van der Waals surface area contributed by atoms with Crippen molar-refractivity contribution in [1.29, 1.82) is 0 Å². The molecule has 3 amide bonds. The number of anilines is 1. The summed E-state index contributed by atoms with van der Waals surface area (Å²) in [4.78, 5) is 37.8. The van der Waals surface area contributed by atoms with Gasteiger partial charge in [0.1, 0.15) is 6.04 Å². The van der Waals surface area contributed by atoms with Crippen LogP contribution in [-0.2, 0) is 9.59 Å². The van der Waals surface area contributed by atoms with Crippen molar-refractivity contribution in [2.45, 2.75) is 27.3 Å². The normalized spacial score (nSPS) is 10.9. The molecule has 0 aliphatic carbocycles. The molecule has 1 atom stereocenters. The molecule has 2 rings (SSSR count). The molecule has 182 valence electrons. The van der Waals surface area contributed by atoms with Gasteiger partial charge in [-0.1, -0.05) is 33.1 Å². The molecule has 0 aliphatic heterocycles. The van der Waals surface area contributed by atoms with E-state index in [9.17, 15) is 14.4 Å². The van der Waals surface area contributed by atoms with E-state index < -0.39 is 17.9 Å². The van der Waals surface area contributed by atoms with Gasteiger partial charge in [-0.25, -0.2) is 5.48 Å². The van der Waals surface area contributed by atoms with Gasteiger partial charge in [0.2, 0.25) is 5.91 Å². The van der Waals surface area contributed by atoms with Crippen LogP contribution in [-0.4, -0.2) is 60.0 Å². The van der Waals surface area contributed by atoms with E-state index in [1.54, 1.807) is 36.4 Å². The van der Waals surface area contributed by atoms with Crippen molar-refractivity contribution in [1.82, 2.24) is 15.7 Å². The lowest BCUT2D eigenvalue weighted by Crippen LogP contribution is -2.50. The maximum atomic E-state index is 12.2. The summed E-state index contributed by atoms with van der Waals surface area (Å²) >= 11 is 0. The molecule has 0 saturated heterocycles. The number of hydrogen-bond donors (Lipinski definition) is 5. The highest BCUT2D eigenvalue weighted by atomic mass is 16.5. The second kappa shape index (κ2) is 14.4. The number of benzene rings is 2. The van der Waals surface area contributed by atoms with E-state index in [1.807, 2.05) is 30.9 Å². The van der Waals surface area contributed by atoms with Crippen molar-refractivity contribution in [3.8, 4) is 11.8 Å². The number of rotatable bonds is 9. The summed E-state index contributed by atoms with van der Waals surface area (Å²) in [5, 5.41) is 14.0. The highest BCUT2D eigenvalue weighted by Gasteiger charge is 2.19. The number of carbonyl (C=O) groups is 3. The minimum Gasteiger partial charge on any atom is -0.339 e. The maximum Gasteiger partial charge on any atom is 0.267 e. The minimum absolute atomic E-state index is 0. The number of nitrogens with one attached hydrogen (secondary N) is 3. The standard InChI is InChI=1S/C24H29N5O4.CH4/c1-3-29(4-2)16-22(30)26-20-13-9-18(10-14-20)6-5-17-7-11-19(12-8-17)23(31)27-21(15-25)24(32)28-33;/h7-14,21,33H,3-4,15-16,25H2,1-2H3,(H,26,30)(H,27,31)(H,28,32);1H4/t21-;/m0./s1. The van der Waals surface area contributed by atoms with Gasteiger partial charge in [0.15, 0.2) is 0 Å². The predicted octanol–water partition coefficient (Wildman–Crippen LogP) is 1.57. The highest BCUT2D eigenvalue weighted by Crippen LogP contribution is 2.10. The molecule has 0 radical (unpaired) electrons. The smallest absolute Gasteiger partial charge is 0.267 e. The number of likely N-dealkylation sites (N-methyl/N-ethyl adjacent to an activating group) is 1. The van der Waals surface area contributed by atoms with E-state index in [-0.39, 0.29) is 19.9 Å². The van der Waals surface area contributed by atoms with Gasteiger partial charge >= 0.3 is 0 Å². The molecule has 0 unspecified atom stereocenters. The number of amides is 3. The van der Waals surface area contributed by atoms with Crippen molar-refractivity contribution < 1.29 is 19.6 Å². The van der Waals surface area contributed by atoms with E-state index in [0.717, 1.165) is 18.7 Å². The fraction of sp³-hybridized carbons (Fsp3) is 0.320. The van der Waals surface area contributed by atoms with Crippen LogP contribution < -0.4 is 21.8 Å². The Labute approximate surface area is 200 Å². The first kappa shape index (κ1) is 28.3. The minimum atomic E-state index is -1.04. The van der Waals surface area contributed by atoms with Gasteiger partial charge in [0, 0.05) is 28.9 Å². The monoisotopic (exact) mass is 467 g/mol. The summed E-state index contributed by atoms with van der Waals surface area (Å²) in [6, 6.07) is 12.7. The predicted molar refractivity (Wildman–Crippen MR) is 132 cm³/mol. The number of hydroxylamine groups is 1. The number of carbonyl (C=O) groups excluding carboxylic acids is 3. The lowest BCUT2D eigenvalue weighted by Gasteiger charge is -2.17. The van der Waals surface area contributed by atoms with Gasteiger partial charge in [0.05, 0.1) is 6.54 Å². The molecule has 0 aromatic heterocycles. The van der Waals surface area contributed by atoms with Gasteiger partial charge < -0.3 is 16.4 Å². The molecule has 0 saturated carbocycles. The van der Waals surface area contributed by atoms with Crippen LogP contribution in [0.3, 0.4) is 0 Å². The second-order valence-corrected chi connectivity index (χ2v) is 7.15. The zero-order valence-corrected chi connectivity index (χ0v) is 18.7. The first-order chi connectivity index (χ1) is 15.9. The number of hydrogen-bond acceptors (Lipinski definition) is 6. The summed E-state index contributed by atoms with van der Waals surface area (Å²) in [5.74, 6) is 4.71. The molecule has 2 aromatic carbocycles. The lowest BCUT2D eigenvalue weighted by atomic mass is 10.1. The third-order valence-corrected chi connectivity index (χ3v) is 4.90. The Hall–Kier alpha value is -3.71. The molecule has 0 bridgehead atoms. The van der Waals surface area contributed by atoms with Gasteiger partial charge in [-0.05, 0) is 61.6 Å². The van der Waals surface area contributed by atoms with Gasteiger partial charge in [-0.2, -0.15) is 0 Å². The lowest BCUT2D eigenvalue weighted by molar-refractivity contribution is -0.130. The third-order valence-electron chi connectivity index (χ3n) is 4.90. The topological polar surface area (TPSA) is 137 Å². The molecule has 0 spiro atoms. The third kappa shape index (κ3) is 8.67. The maximum absolute atomic E-state index is 12.2. The number of nitrogens with two attached hydrogens (primary N) is 1. The van der Waals surface area contributed by atoms with Crippen LogP contribution in [0.5, 0.6) is 0 Å². The summed E-state index contributed by atoms with van der Waals surface area (Å²) in [7, 11) is 0. The Bertz CT molecular complexity index is 1010. The zero-order chi connectivity index (χ0) is 24.2. The van der Waals surface area contributed by atoms with Crippen molar-refractivity contribution in [2.24, 2.45) is 5.73 Å². The summed E-state index contributed by atoms with van der Waals surface area (Å²) in [6.07, 6.45) is 0. The molecule has 9 heteroatoms. The number of nitrogens with zero attached hydrogens (tertiary/aromatic N) is 1. The van der Waals surface area contributed by atoms with Crippen LogP contribution in [0.4, 0.5) is 5.69 Å². The van der Waals surface area contributed by atoms with Crippen LogP contribution in [0.2, 0.25) is 0 Å². The second-order valence-electron chi connectivity index (χ2n) is 7.15. The molecule has 2 aromatic rings. The Morgan fingerprint density at radius 1 is 0.971 bits per heavy atom. The highest BCUT2D eigenvalue weighted by molar-refractivity contribution is 5.97. The first-order valence-corrected chi connectivity index (χ1v) is 10.6. The molecular formula is C25H33N5O4. The van der Waals surface area contributed by atoms with Crippen LogP contribution in [0.1, 0.15) is 42.8 Å². The van der Waals surface area contributed by atoms with E-state index >= 15 is 0 Å². The zero-order valence-electron chi connectivity index (χ0n) is 18.7. The van der Waals surface area contributed by atoms with Gasteiger partial charge in [-0.3, -0.25) is 24.5 Å². The largest absolute Gasteiger partial charge is 0.339 e. The van der Waals surface area contributed by atoms with E-state index in [1.165, 1.54) is 5.48 Å². The Morgan fingerprint density at radius 3 is 1.97 bits per heavy atom. The average molecular weight is 468 g/mol. The quantitative estimate of drug-likeness (QED) is 0.216. The van der Waals surface area contributed by atoms with Crippen LogP contribution in [0.25, 0.3) is 0 Å². The van der Waals surface area contributed by atoms with E-state index in [0.29, 0.717) is 23.4 Å². The van der Waals surface area contributed by atoms with Crippen molar-refractivity contribution in [3.63, 3.8) is 0 Å². The molecule has 9 nitrogen and oxygen atoms in total.